The molecule has 1 amide bonds. The van der Waals surface area contributed by atoms with Crippen molar-refractivity contribution in [3.8, 4) is 0 Å². The highest BCUT2D eigenvalue weighted by atomic mass is 16.5. The van der Waals surface area contributed by atoms with Gasteiger partial charge in [0.15, 0.2) is 0 Å². The van der Waals surface area contributed by atoms with E-state index in [2.05, 4.69) is 10.6 Å². The lowest BCUT2D eigenvalue weighted by molar-refractivity contribution is -0.123. The van der Waals surface area contributed by atoms with Crippen molar-refractivity contribution in [1.29, 1.82) is 0 Å². The van der Waals surface area contributed by atoms with Crippen molar-refractivity contribution in [2.75, 3.05) is 13.2 Å². The standard InChI is InChI=1S/C11H20N2O2/c1-8(11(14)13-9-4-5-9)12-7-10-3-2-6-15-10/h8-10,12H,2-7H2,1H3,(H,13,14). The molecule has 0 aromatic rings. The first kappa shape index (κ1) is 10.9. The topological polar surface area (TPSA) is 50.4 Å². The number of amides is 1. The number of nitrogens with one attached hydrogen (secondary N) is 2. The van der Waals surface area contributed by atoms with E-state index < -0.39 is 0 Å². The summed E-state index contributed by atoms with van der Waals surface area (Å²) in [6.07, 6.45) is 4.86. The zero-order chi connectivity index (χ0) is 10.7. The van der Waals surface area contributed by atoms with Crippen LogP contribution in [0.3, 0.4) is 0 Å². The molecule has 15 heavy (non-hydrogen) atoms. The maximum absolute atomic E-state index is 11.6. The van der Waals surface area contributed by atoms with E-state index in [-0.39, 0.29) is 11.9 Å². The number of carbonyl (C=O) groups is 1. The Bertz CT molecular complexity index is 223. The molecule has 4 heteroatoms. The molecule has 1 saturated carbocycles. The molecular weight excluding hydrogens is 192 g/mol. The molecule has 0 aromatic heterocycles. The fourth-order valence-corrected chi connectivity index (χ4v) is 1.76. The van der Waals surface area contributed by atoms with Crippen LogP contribution in [0.25, 0.3) is 0 Å². The summed E-state index contributed by atoms with van der Waals surface area (Å²) in [5.41, 5.74) is 0. The van der Waals surface area contributed by atoms with Gasteiger partial charge in [-0.25, -0.2) is 0 Å². The monoisotopic (exact) mass is 212 g/mol. The zero-order valence-corrected chi connectivity index (χ0v) is 9.29. The van der Waals surface area contributed by atoms with Gasteiger partial charge in [0.05, 0.1) is 12.1 Å². The highest BCUT2D eigenvalue weighted by Crippen LogP contribution is 2.18. The Morgan fingerprint density at radius 3 is 2.87 bits per heavy atom. The van der Waals surface area contributed by atoms with Gasteiger partial charge >= 0.3 is 0 Å². The van der Waals surface area contributed by atoms with Crippen molar-refractivity contribution >= 4 is 5.91 Å². The van der Waals surface area contributed by atoms with Crippen LogP contribution in [0.4, 0.5) is 0 Å². The molecule has 1 aliphatic heterocycles. The fraction of sp³-hybridized carbons (Fsp3) is 0.909. The van der Waals surface area contributed by atoms with E-state index in [9.17, 15) is 4.79 Å². The largest absolute Gasteiger partial charge is 0.377 e. The maximum atomic E-state index is 11.6. The third-order valence-corrected chi connectivity index (χ3v) is 2.99. The molecular formula is C11H20N2O2. The second-order valence-electron chi connectivity index (χ2n) is 4.55. The summed E-state index contributed by atoms with van der Waals surface area (Å²) in [5.74, 6) is 0.121. The Kier molecular flexibility index (Phi) is 3.59. The Morgan fingerprint density at radius 2 is 2.27 bits per heavy atom. The minimum absolute atomic E-state index is 0.102. The van der Waals surface area contributed by atoms with Crippen LogP contribution < -0.4 is 10.6 Å². The molecule has 0 bridgehead atoms. The average molecular weight is 212 g/mol. The van der Waals surface area contributed by atoms with Gasteiger partial charge in [-0.1, -0.05) is 0 Å². The number of hydrogen-bond donors (Lipinski definition) is 2. The van der Waals surface area contributed by atoms with Crippen LogP contribution in [0.1, 0.15) is 32.6 Å². The minimum atomic E-state index is -0.102. The summed E-state index contributed by atoms with van der Waals surface area (Å²) in [6, 6.07) is 0.347. The Balaban J connectivity index is 1.61. The molecule has 2 rings (SSSR count). The lowest BCUT2D eigenvalue weighted by atomic mass is 10.2. The van der Waals surface area contributed by atoms with Crippen molar-refractivity contribution in [1.82, 2.24) is 10.6 Å². The third kappa shape index (κ3) is 3.47. The van der Waals surface area contributed by atoms with Crippen LogP contribution in [0.5, 0.6) is 0 Å². The molecule has 86 valence electrons. The lowest BCUT2D eigenvalue weighted by Crippen LogP contribution is -2.45. The first-order chi connectivity index (χ1) is 7.25. The van der Waals surface area contributed by atoms with E-state index in [0.29, 0.717) is 12.1 Å². The molecule has 1 saturated heterocycles. The van der Waals surface area contributed by atoms with Gasteiger partial charge in [0, 0.05) is 19.2 Å². The smallest absolute Gasteiger partial charge is 0.237 e. The van der Waals surface area contributed by atoms with E-state index >= 15 is 0 Å². The molecule has 4 nitrogen and oxygen atoms in total. The minimum Gasteiger partial charge on any atom is -0.377 e. The first-order valence-electron chi connectivity index (χ1n) is 5.91. The molecule has 2 unspecified atom stereocenters. The fourth-order valence-electron chi connectivity index (χ4n) is 1.76. The van der Waals surface area contributed by atoms with E-state index in [1.54, 1.807) is 0 Å². The predicted octanol–water partition coefficient (Wildman–Crippen LogP) is 0.422. The first-order valence-corrected chi connectivity index (χ1v) is 5.91. The zero-order valence-electron chi connectivity index (χ0n) is 9.29. The maximum Gasteiger partial charge on any atom is 0.237 e. The number of ether oxygens (including phenoxy) is 1. The lowest BCUT2D eigenvalue weighted by Gasteiger charge is -2.16. The second-order valence-corrected chi connectivity index (χ2v) is 4.55. The normalized spacial score (nSPS) is 27.7. The van der Waals surface area contributed by atoms with Crippen molar-refractivity contribution in [2.45, 2.75) is 50.8 Å². The van der Waals surface area contributed by atoms with Gasteiger partial charge in [0.25, 0.3) is 0 Å². The van der Waals surface area contributed by atoms with E-state index in [1.165, 1.54) is 0 Å². The van der Waals surface area contributed by atoms with Crippen molar-refractivity contribution in [2.24, 2.45) is 0 Å². The van der Waals surface area contributed by atoms with Crippen molar-refractivity contribution < 1.29 is 9.53 Å². The molecule has 2 fully saturated rings. The molecule has 0 spiro atoms. The number of rotatable bonds is 5. The summed E-state index contributed by atoms with van der Waals surface area (Å²) in [5, 5.41) is 6.21. The molecule has 2 aliphatic rings. The highest BCUT2D eigenvalue weighted by Gasteiger charge is 2.26. The average Bonchev–Trinajstić information content (AvgIpc) is 2.88. The Hall–Kier alpha value is -0.610. The Labute approximate surface area is 90.8 Å². The Morgan fingerprint density at radius 1 is 1.47 bits per heavy atom. The molecule has 1 heterocycles. The van der Waals surface area contributed by atoms with Gasteiger partial charge in [-0.05, 0) is 32.6 Å². The third-order valence-electron chi connectivity index (χ3n) is 2.99. The van der Waals surface area contributed by atoms with Crippen LogP contribution >= 0.6 is 0 Å². The van der Waals surface area contributed by atoms with Crippen molar-refractivity contribution in [3.63, 3.8) is 0 Å². The van der Waals surface area contributed by atoms with E-state index in [0.717, 1.165) is 38.8 Å². The van der Waals surface area contributed by atoms with Crippen LogP contribution in [-0.4, -0.2) is 37.2 Å². The van der Waals surface area contributed by atoms with Gasteiger partial charge in [0.2, 0.25) is 5.91 Å². The quantitative estimate of drug-likeness (QED) is 0.694. The van der Waals surface area contributed by atoms with E-state index in [1.807, 2.05) is 6.92 Å². The predicted molar refractivity (Wildman–Crippen MR) is 57.6 cm³/mol. The van der Waals surface area contributed by atoms with Crippen LogP contribution in [0, 0.1) is 0 Å². The number of carbonyl (C=O) groups excluding carboxylic acids is 1. The van der Waals surface area contributed by atoms with Gasteiger partial charge in [-0.2, -0.15) is 0 Å². The summed E-state index contributed by atoms with van der Waals surface area (Å²) >= 11 is 0. The summed E-state index contributed by atoms with van der Waals surface area (Å²) in [4.78, 5) is 11.6. The van der Waals surface area contributed by atoms with Gasteiger partial charge in [-0.15, -0.1) is 0 Å². The summed E-state index contributed by atoms with van der Waals surface area (Å²) in [6.45, 7) is 3.57. The van der Waals surface area contributed by atoms with Gasteiger partial charge in [-0.3, -0.25) is 4.79 Å². The molecule has 2 N–H and O–H groups in total. The second kappa shape index (κ2) is 4.94. The van der Waals surface area contributed by atoms with E-state index in [4.69, 9.17) is 4.74 Å². The van der Waals surface area contributed by atoms with Crippen LogP contribution in [-0.2, 0) is 9.53 Å². The molecule has 0 radical (unpaired) electrons. The van der Waals surface area contributed by atoms with Gasteiger partial charge in [0.1, 0.15) is 0 Å². The van der Waals surface area contributed by atoms with Crippen LogP contribution in [0.15, 0.2) is 0 Å². The van der Waals surface area contributed by atoms with Crippen LogP contribution in [0.2, 0.25) is 0 Å². The molecule has 2 atom stereocenters. The summed E-state index contributed by atoms with van der Waals surface area (Å²) < 4.78 is 5.48. The molecule has 0 aromatic carbocycles. The highest BCUT2D eigenvalue weighted by molar-refractivity contribution is 5.81. The SMILES string of the molecule is CC(NCC1CCCO1)C(=O)NC1CC1. The summed E-state index contributed by atoms with van der Waals surface area (Å²) in [7, 11) is 0. The molecule has 1 aliphatic carbocycles. The van der Waals surface area contributed by atoms with Crippen molar-refractivity contribution in [3.05, 3.63) is 0 Å². The number of hydrogen-bond acceptors (Lipinski definition) is 3. The van der Waals surface area contributed by atoms with Gasteiger partial charge < -0.3 is 15.4 Å².